The second-order valence-corrected chi connectivity index (χ2v) is 5.64. The molecule has 4 amide bonds. The largest absolute Gasteiger partial charge is 0.497 e. The van der Waals surface area contributed by atoms with Crippen LogP contribution in [0.2, 0.25) is 0 Å². The molecule has 1 saturated heterocycles. The Balaban J connectivity index is 1.80. The van der Waals surface area contributed by atoms with Gasteiger partial charge in [0.1, 0.15) is 5.75 Å². The van der Waals surface area contributed by atoms with Crippen LogP contribution < -0.4 is 4.74 Å². The highest BCUT2D eigenvalue weighted by molar-refractivity contribution is 6.44. The lowest BCUT2D eigenvalue weighted by Gasteiger charge is -2.21. The molecule has 0 aromatic heterocycles. The smallest absolute Gasteiger partial charge is 0.334 e. The van der Waals surface area contributed by atoms with Gasteiger partial charge < -0.3 is 4.74 Å². The van der Waals surface area contributed by atoms with Crippen molar-refractivity contribution in [1.29, 1.82) is 0 Å². The Kier molecular flexibility index (Phi) is 3.83. The molecule has 1 aliphatic carbocycles. The number of benzene rings is 1. The minimum atomic E-state index is -0.736. The molecule has 1 heterocycles. The molecule has 2 fully saturated rings. The van der Waals surface area contributed by atoms with Gasteiger partial charge in [-0.1, -0.05) is 25.0 Å². The molecule has 0 radical (unpaired) electrons. The maximum absolute atomic E-state index is 12.5. The van der Waals surface area contributed by atoms with E-state index in [1.54, 1.807) is 31.4 Å². The van der Waals surface area contributed by atoms with E-state index in [1.807, 2.05) is 0 Å². The summed E-state index contributed by atoms with van der Waals surface area (Å²) in [5, 5.41) is 0. The first kappa shape index (κ1) is 14.6. The zero-order chi connectivity index (χ0) is 15.7. The third-order valence-electron chi connectivity index (χ3n) is 4.25. The summed E-state index contributed by atoms with van der Waals surface area (Å²) in [6, 6.07) is 6.50. The SMILES string of the molecule is COc1cccc(CN2C(=O)C(=O)N(C3CCCC3)C2=O)c1. The average Bonchev–Trinajstić information content (AvgIpc) is 3.11. The molecular weight excluding hydrogens is 284 g/mol. The third kappa shape index (κ3) is 2.45. The molecule has 0 atom stereocenters. The Hall–Kier alpha value is -2.37. The van der Waals surface area contributed by atoms with Crippen molar-refractivity contribution in [3.8, 4) is 5.75 Å². The second kappa shape index (κ2) is 5.79. The predicted molar refractivity (Wildman–Crippen MR) is 78.0 cm³/mol. The van der Waals surface area contributed by atoms with Crippen molar-refractivity contribution in [3.63, 3.8) is 0 Å². The Bertz CT molecular complexity index is 622. The zero-order valence-corrected chi connectivity index (χ0v) is 12.4. The van der Waals surface area contributed by atoms with E-state index in [9.17, 15) is 14.4 Å². The fourth-order valence-corrected chi connectivity index (χ4v) is 3.10. The minimum absolute atomic E-state index is 0.0871. The number of carbonyl (C=O) groups excluding carboxylic acids is 3. The molecular formula is C16H18N2O4. The number of methoxy groups -OCH3 is 1. The number of rotatable bonds is 4. The van der Waals surface area contributed by atoms with E-state index in [4.69, 9.17) is 4.74 Å². The number of hydrogen-bond acceptors (Lipinski definition) is 4. The lowest BCUT2D eigenvalue weighted by molar-refractivity contribution is -0.144. The molecule has 3 rings (SSSR count). The van der Waals surface area contributed by atoms with Gasteiger partial charge in [0.2, 0.25) is 0 Å². The van der Waals surface area contributed by atoms with E-state index in [0.717, 1.165) is 41.0 Å². The average molecular weight is 302 g/mol. The molecule has 2 aliphatic rings. The van der Waals surface area contributed by atoms with Crippen molar-refractivity contribution in [1.82, 2.24) is 9.80 Å². The van der Waals surface area contributed by atoms with E-state index in [-0.39, 0.29) is 12.6 Å². The van der Waals surface area contributed by atoms with Crippen LogP contribution in [-0.4, -0.2) is 40.8 Å². The summed E-state index contributed by atoms with van der Waals surface area (Å²) in [4.78, 5) is 38.9. The normalized spacial score (nSPS) is 19.4. The molecule has 1 saturated carbocycles. The van der Waals surface area contributed by atoms with Crippen molar-refractivity contribution in [2.24, 2.45) is 0 Å². The van der Waals surface area contributed by atoms with Crippen molar-refractivity contribution in [3.05, 3.63) is 29.8 Å². The van der Waals surface area contributed by atoms with Gasteiger partial charge in [-0.3, -0.25) is 19.4 Å². The van der Waals surface area contributed by atoms with Gasteiger partial charge in [-0.25, -0.2) is 4.79 Å². The third-order valence-corrected chi connectivity index (χ3v) is 4.25. The first-order valence-corrected chi connectivity index (χ1v) is 7.44. The topological polar surface area (TPSA) is 66.9 Å². The van der Waals surface area contributed by atoms with Gasteiger partial charge in [0.25, 0.3) is 0 Å². The highest BCUT2D eigenvalue weighted by Crippen LogP contribution is 2.28. The van der Waals surface area contributed by atoms with Crippen LogP contribution in [0.3, 0.4) is 0 Å². The lowest BCUT2D eigenvalue weighted by atomic mass is 10.2. The number of hydrogen-bond donors (Lipinski definition) is 0. The van der Waals surface area contributed by atoms with Gasteiger partial charge in [0, 0.05) is 6.04 Å². The number of urea groups is 1. The van der Waals surface area contributed by atoms with Gasteiger partial charge in [0.05, 0.1) is 13.7 Å². The highest BCUT2D eigenvalue weighted by Gasteiger charge is 2.47. The van der Waals surface area contributed by atoms with Gasteiger partial charge in [-0.15, -0.1) is 0 Å². The summed E-state index contributed by atoms with van der Waals surface area (Å²) < 4.78 is 5.13. The number of nitrogens with zero attached hydrogens (tertiary/aromatic N) is 2. The summed E-state index contributed by atoms with van der Waals surface area (Å²) >= 11 is 0. The monoisotopic (exact) mass is 302 g/mol. The van der Waals surface area contributed by atoms with Crippen LogP contribution in [0.15, 0.2) is 24.3 Å². The Morgan fingerprint density at radius 2 is 1.86 bits per heavy atom. The van der Waals surface area contributed by atoms with Crippen molar-refractivity contribution < 1.29 is 19.1 Å². The molecule has 22 heavy (non-hydrogen) atoms. The molecule has 0 bridgehead atoms. The van der Waals surface area contributed by atoms with Gasteiger partial charge in [0.15, 0.2) is 0 Å². The van der Waals surface area contributed by atoms with E-state index < -0.39 is 17.8 Å². The minimum Gasteiger partial charge on any atom is -0.497 e. The van der Waals surface area contributed by atoms with Gasteiger partial charge >= 0.3 is 17.8 Å². The van der Waals surface area contributed by atoms with E-state index >= 15 is 0 Å². The van der Waals surface area contributed by atoms with Gasteiger partial charge in [-0.2, -0.15) is 0 Å². The Morgan fingerprint density at radius 3 is 2.55 bits per heavy atom. The first-order chi connectivity index (χ1) is 10.6. The highest BCUT2D eigenvalue weighted by atomic mass is 16.5. The zero-order valence-electron chi connectivity index (χ0n) is 12.4. The van der Waals surface area contributed by atoms with Crippen LogP contribution in [0.4, 0.5) is 4.79 Å². The molecule has 6 heteroatoms. The lowest BCUT2D eigenvalue weighted by Crippen LogP contribution is -2.39. The van der Waals surface area contributed by atoms with Gasteiger partial charge in [-0.05, 0) is 30.5 Å². The maximum atomic E-state index is 12.5. The van der Waals surface area contributed by atoms with E-state index in [0.29, 0.717) is 5.75 Å². The molecule has 1 aromatic carbocycles. The van der Waals surface area contributed by atoms with Crippen LogP contribution in [0, 0.1) is 0 Å². The molecule has 6 nitrogen and oxygen atoms in total. The fraction of sp³-hybridized carbons (Fsp3) is 0.438. The first-order valence-electron chi connectivity index (χ1n) is 7.44. The van der Waals surface area contributed by atoms with E-state index in [1.165, 1.54) is 0 Å². The Labute approximate surface area is 128 Å². The summed E-state index contributed by atoms with van der Waals surface area (Å²) in [6.45, 7) is 0.0871. The molecule has 116 valence electrons. The molecule has 1 aromatic rings. The number of imide groups is 2. The van der Waals surface area contributed by atoms with Crippen LogP contribution in [0.5, 0.6) is 5.75 Å². The summed E-state index contributed by atoms with van der Waals surface area (Å²) in [7, 11) is 1.55. The van der Waals surface area contributed by atoms with Crippen LogP contribution in [-0.2, 0) is 16.1 Å². The van der Waals surface area contributed by atoms with Crippen LogP contribution in [0.1, 0.15) is 31.2 Å². The fourth-order valence-electron chi connectivity index (χ4n) is 3.10. The maximum Gasteiger partial charge on any atom is 0.334 e. The van der Waals surface area contributed by atoms with Crippen LogP contribution in [0.25, 0.3) is 0 Å². The summed E-state index contributed by atoms with van der Waals surface area (Å²) in [5.41, 5.74) is 0.752. The number of ether oxygens (including phenoxy) is 1. The molecule has 0 spiro atoms. The van der Waals surface area contributed by atoms with Crippen molar-refractivity contribution in [2.45, 2.75) is 38.3 Å². The predicted octanol–water partition coefficient (Wildman–Crippen LogP) is 1.93. The quantitative estimate of drug-likeness (QED) is 0.629. The number of carbonyl (C=O) groups is 3. The molecule has 0 N–H and O–H groups in total. The summed E-state index contributed by atoms with van der Waals surface area (Å²) in [5.74, 6) is -0.782. The molecule has 0 unspecified atom stereocenters. The second-order valence-electron chi connectivity index (χ2n) is 5.64. The van der Waals surface area contributed by atoms with Crippen molar-refractivity contribution in [2.75, 3.05) is 7.11 Å². The van der Waals surface area contributed by atoms with Crippen molar-refractivity contribution >= 4 is 17.8 Å². The Morgan fingerprint density at radius 1 is 1.14 bits per heavy atom. The standard InChI is InChI=1S/C16H18N2O4/c1-22-13-8-4-5-11(9-13)10-17-14(19)15(20)18(16(17)21)12-6-2-3-7-12/h4-5,8-9,12H,2-3,6-7,10H2,1H3. The van der Waals surface area contributed by atoms with E-state index in [2.05, 4.69) is 0 Å². The van der Waals surface area contributed by atoms with Crippen LogP contribution >= 0.6 is 0 Å². The number of amides is 4. The molecule has 1 aliphatic heterocycles. The summed E-state index contributed by atoms with van der Waals surface area (Å²) in [6.07, 6.45) is 3.56.